The minimum atomic E-state index is 0.0990. The molecule has 0 radical (unpaired) electrons. The van der Waals surface area contributed by atoms with E-state index in [0.717, 1.165) is 29.2 Å². The fourth-order valence-electron chi connectivity index (χ4n) is 3.15. The number of nitrogens with two attached hydrogens (primary N) is 1. The summed E-state index contributed by atoms with van der Waals surface area (Å²) in [7, 11) is 3.80. The van der Waals surface area contributed by atoms with Gasteiger partial charge in [0.2, 0.25) is 0 Å². The van der Waals surface area contributed by atoms with Gasteiger partial charge < -0.3 is 26.5 Å². The molecule has 2 heterocycles. The number of nitrogen functional groups attached to an aromatic ring is 1. The number of hydrogen-bond acceptors (Lipinski definition) is 12. The molecule has 0 bridgehead atoms. The lowest BCUT2D eigenvalue weighted by Gasteiger charge is -2.18. The molecular formula is C23H31N9O2S. The van der Waals surface area contributed by atoms with E-state index in [4.69, 9.17) is 20.5 Å². The average molecular weight is 498 g/mol. The van der Waals surface area contributed by atoms with Crippen LogP contribution in [-0.2, 0) is 4.28 Å². The first-order chi connectivity index (χ1) is 16.9. The second-order valence-corrected chi connectivity index (χ2v) is 8.64. The number of pyridine rings is 1. The molecule has 3 rings (SSSR count). The summed E-state index contributed by atoms with van der Waals surface area (Å²) in [6.45, 7) is 3.62. The molecule has 6 N–H and O–H groups in total. The van der Waals surface area contributed by atoms with E-state index in [1.54, 1.807) is 19.3 Å². The van der Waals surface area contributed by atoms with Crippen LogP contribution in [0, 0.1) is 5.41 Å². The monoisotopic (exact) mass is 497 g/mol. The molecule has 0 aliphatic heterocycles. The molecule has 0 fully saturated rings. The van der Waals surface area contributed by atoms with Gasteiger partial charge in [-0.25, -0.2) is 9.97 Å². The predicted octanol–water partition coefficient (Wildman–Crippen LogP) is 2.89. The number of aliphatic hydroxyl groups is 1. The van der Waals surface area contributed by atoms with E-state index < -0.39 is 0 Å². The number of aliphatic hydroxyl groups excluding tert-OH is 1. The van der Waals surface area contributed by atoms with Crippen LogP contribution in [0.25, 0.3) is 11.4 Å². The summed E-state index contributed by atoms with van der Waals surface area (Å²) in [5, 5.41) is 20.4. The quantitative estimate of drug-likeness (QED) is 0.103. The average Bonchev–Trinajstić information content (AvgIpc) is 2.84. The van der Waals surface area contributed by atoms with Crippen molar-refractivity contribution in [3.05, 3.63) is 54.4 Å². The smallest absolute Gasteiger partial charge is 0.163 e. The van der Waals surface area contributed by atoms with Crippen molar-refractivity contribution in [2.75, 3.05) is 61.2 Å². The zero-order chi connectivity index (χ0) is 25.2. The summed E-state index contributed by atoms with van der Waals surface area (Å²) in [6, 6.07) is 11.2. The summed E-state index contributed by atoms with van der Waals surface area (Å²) in [6.07, 6.45) is 3.47. The predicted molar refractivity (Wildman–Crippen MR) is 142 cm³/mol. The third-order valence-electron chi connectivity index (χ3n) is 5.04. The highest BCUT2D eigenvalue weighted by Crippen LogP contribution is 2.26. The van der Waals surface area contributed by atoms with Gasteiger partial charge in [0.05, 0.1) is 29.7 Å². The van der Waals surface area contributed by atoms with Gasteiger partial charge >= 0.3 is 0 Å². The maximum Gasteiger partial charge on any atom is 0.163 e. The summed E-state index contributed by atoms with van der Waals surface area (Å²) in [4.78, 5) is 15.1. The maximum atomic E-state index is 9.06. The van der Waals surface area contributed by atoms with E-state index in [0.29, 0.717) is 36.8 Å². The topological polar surface area (TPSA) is 149 Å². The molecule has 0 amide bonds. The zero-order valence-electron chi connectivity index (χ0n) is 20.0. The first kappa shape index (κ1) is 26.2. The Hall–Kier alpha value is -3.45. The number of hydrogen-bond donors (Lipinski definition) is 5. The van der Waals surface area contributed by atoms with Crippen molar-refractivity contribution < 1.29 is 9.39 Å². The first-order valence-corrected chi connectivity index (χ1v) is 11.7. The van der Waals surface area contributed by atoms with E-state index >= 15 is 0 Å². The maximum absolute atomic E-state index is 9.06. The van der Waals surface area contributed by atoms with Crippen molar-refractivity contribution in [2.45, 2.75) is 6.92 Å². The minimum absolute atomic E-state index is 0.0990. The third kappa shape index (κ3) is 7.52. The van der Waals surface area contributed by atoms with E-state index in [1.807, 2.05) is 59.7 Å². The minimum Gasteiger partial charge on any atom is -0.395 e. The van der Waals surface area contributed by atoms with E-state index in [9.17, 15) is 0 Å². The molecule has 1 aromatic carbocycles. The van der Waals surface area contributed by atoms with Gasteiger partial charge in [0.15, 0.2) is 5.82 Å². The van der Waals surface area contributed by atoms with Gasteiger partial charge in [-0.1, -0.05) is 0 Å². The molecule has 35 heavy (non-hydrogen) atoms. The zero-order valence-corrected chi connectivity index (χ0v) is 20.8. The molecule has 3 aromatic rings. The molecule has 0 saturated carbocycles. The Balaban J connectivity index is 1.66. The molecule has 0 atom stereocenters. The highest BCUT2D eigenvalue weighted by molar-refractivity contribution is 7.96. The number of likely N-dealkylation sites (N-methyl/N-ethyl adjacent to an activating group) is 1. The lowest BCUT2D eigenvalue weighted by molar-refractivity contribution is 0.225. The third-order valence-corrected chi connectivity index (χ3v) is 5.63. The van der Waals surface area contributed by atoms with Crippen LogP contribution in [0.15, 0.2) is 48.8 Å². The fourth-order valence-corrected chi connectivity index (χ4v) is 3.58. The summed E-state index contributed by atoms with van der Waals surface area (Å²) in [5.41, 5.74) is 12.3. The van der Waals surface area contributed by atoms with Crippen LogP contribution < -0.4 is 20.8 Å². The highest BCUT2D eigenvalue weighted by atomic mass is 32.2. The molecule has 0 aliphatic rings. The fraction of sp³-hybridized carbons (Fsp3) is 0.304. The van der Waals surface area contributed by atoms with Gasteiger partial charge in [-0.05, 0) is 50.4 Å². The van der Waals surface area contributed by atoms with Gasteiger partial charge in [0.1, 0.15) is 23.9 Å². The van der Waals surface area contributed by atoms with Crippen LogP contribution in [0.1, 0.15) is 12.5 Å². The molecule has 0 saturated heterocycles. The number of aromatic nitrogens is 3. The highest BCUT2D eigenvalue weighted by Gasteiger charge is 2.15. The van der Waals surface area contributed by atoms with E-state index in [2.05, 4.69) is 25.7 Å². The van der Waals surface area contributed by atoms with Crippen LogP contribution in [-0.4, -0.2) is 71.0 Å². The van der Waals surface area contributed by atoms with Crippen molar-refractivity contribution in [3.8, 4) is 11.4 Å². The van der Waals surface area contributed by atoms with Crippen molar-refractivity contribution in [1.82, 2.24) is 19.9 Å². The Bertz CT molecular complexity index is 1100. The summed E-state index contributed by atoms with van der Waals surface area (Å²) in [5.74, 6) is 1.21. The number of anilines is 4. The molecule has 2 aromatic heterocycles. The van der Waals surface area contributed by atoms with Crippen molar-refractivity contribution in [1.29, 1.82) is 5.41 Å². The number of nitrogens with zero attached hydrogens (tertiary/aromatic N) is 5. The lowest BCUT2D eigenvalue weighted by atomic mass is 10.1. The molecule has 186 valence electrons. The molecule has 0 unspecified atom stereocenters. The summed E-state index contributed by atoms with van der Waals surface area (Å²) >= 11 is 1.14. The first-order valence-electron chi connectivity index (χ1n) is 11.0. The molecule has 12 heteroatoms. The van der Waals surface area contributed by atoms with E-state index in [-0.39, 0.29) is 18.1 Å². The second-order valence-electron chi connectivity index (χ2n) is 7.78. The Morgan fingerprint density at radius 1 is 1.17 bits per heavy atom. The van der Waals surface area contributed by atoms with Gasteiger partial charge in [-0.3, -0.25) is 14.8 Å². The van der Waals surface area contributed by atoms with Crippen LogP contribution in [0.4, 0.5) is 23.0 Å². The van der Waals surface area contributed by atoms with Crippen LogP contribution in [0.5, 0.6) is 0 Å². The molecule has 11 nitrogen and oxygen atoms in total. The largest absolute Gasteiger partial charge is 0.395 e. The Morgan fingerprint density at radius 2 is 1.94 bits per heavy atom. The molecular weight excluding hydrogens is 466 g/mol. The standard InChI is InChI=1S/C23H31N9O2S/c1-16(24)20-21(25)28-22(29-23(20)27-11-12-31(2)13-14-33)17-6-8-18(9-7-17)30-34-35-32(3)19-5-4-10-26-15-19/h4-10,15,24,30,33H,11-14H2,1-3H3,(H3,25,27,28,29). The van der Waals surface area contributed by atoms with Gasteiger partial charge in [0, 0.05) is 44.2 Å². The van der Waals surface area contributed by atoms with Crippen molar-refractivity contribution in [3.63, 3.8) is 0 Å². The number of rotatable bonds is 13. The SMILES string of the molecule is CC(=N)c1c(N)nc(-c2ccc(NOSN(C)c3cccnc3)cc2)nc1NCCN(C)CCO. The lowest BCUT2D eigenvalue weighted by Crippen LogP contribution is -2.28. The molecule has 0 spiro atoms. The Kier molecular flexibility index (Phi) is 9.61. The number of benzene rings is 1. The van der Waals surface area contributed by atoms with Crippen molar-refractivity contribution >= 4 is 41.0 Å². The number of nitrogens with one attached hydrogen (secondary N) is 3. The van der Waals surface area contributed by atoms with Gasteiger partial charge in [-0.2, -0.15) is 4.28 Å². The second kappa shape index (κ2) is 12.9. The molecule has 0 aliphatic carbocycles. The van der Waals surface area contributed by atoms with Crippen molar-refractivity contribution in [2.24, 2.45) is 0 Å². The van der Waals surface area contributed by atoms with E-state index in [1.165, 1.54) is 0 Å². The van der Waals surface area contributed by atoms with Crippen LogP contribution >= 0.6 is 12.2 Å². The van der Waals surface area contributed by atoms with Crippen LogP contribution in [0.2, 0.25) is 0 Å². The summed E-state index contributed by atoms with van der Waals surface area (Å²) < 4.78 is 7.34. The normalized spacial score (nSPS) is 10.9. The van der Waals surface area contributed by atoms with Gasteiger partial charge in [-0.15, -0.1) is 0 Å². The van der Waals surface area contributed by atoms with Gasteiger partial charge in [0.25, 0.3) is 0 Å². The van der Waals surface area contributed by atoms with Crippen LogP contribution in [0.3, 0.4) is 0 Å². The Labute approximate surface area is 209 Å². The Morgan fingerprint density at radius 3 is 2.60 bits per heavy atom.